The molecule has 1 aliphatic rings. The minimum atomic E-state index is -1.07. The molecule has 0 spiro atoms. The first kappa shape index (κ1) is 14.3. The number of ether oxygens (including phenoxy) is 1. The Bertz CT molecular complexity index is 499. The van der Waals surface area contributed by atoms with E-state index in [1.165, 1.54) is 4.90 Å². The zero-order chi connectivity index (χ0) is 14.7. The van der Waals surface area contributed by atoms with Crippen molar-refractivity contribution in [1.82, 2.24) is 4.90 Å². The minimum absolute atomic E-state index is 0.00755. The number of hydrogen-bond donors (Lipinski definition) is 2. The monoisotopic (exact) mass is 279 g/mol. The summed E-state index contributed by atoms with van der Waals surface area (Å²) in [5.41, 5.74) is 0.799. The zero-order valence-corrected chi connectivity index (χ0v) is 11.2. The van der Waals surface area contributed by atoms with Crippen LogP contribution in [0.2, 0.25) is 0 Å². The summed E-state index contributed by atoms with van der Waals surface area (Å²) < 4.78 is 5.04. The summed E-state index contributed by atoms with van der Waals surface area (Å²) in [6, 6.07) is 6.08. The lowest BCUT2D eigenvalue weighted by Gasteiger charge is -2.24. The number of aliphatic carboxylic acids is 1. The van der Waals surface area contributed by atoms with E-state index >= 15 is 0 Å². The van der Waals surface area contributed by atoms with E-state index < -0.39 is 18.1 Å². The quantitative estimate of drug-likeness (QED) is 0.808. The van der Waals surface area contributed by atoms with E-state index in [4.69, 9.17) is 4.74 Å². The van der Waals surface area contributed by atoms with Gasteiger partial charge in [-0.25, -0.2) is 4.79 Å². The molecule has 1 unspecified atom stereocenters. The van der Waals surface area contributed by atoms with Crippen LogP contribution < -0.4 is 4.74 Å². The van der Waals surface area contributed by atoms with Crippen LogP contribution in [-0.2, 0) is 16.0 Å². The van der Waals surface area contributed by atoms with Crippen molar-refractivity contribution in [3.63, 3.8) is 0 Å². The molecule has 2 atom stereocenters. The van der Waals surface area contributed by atoms with Crippen LogP contribution in [0.5, 0.6) is 5.75 Å². The molecule has 1 fully saturated rings. The molecule has 1 aromatic rings. The van der Waals surface area contributed by atoms with Crippen LogP contribution in [0, 0.1) is 0 Å². The molecule has 1 saturated heterocycles. The van der Waals surface area contributed by atoms with E-state index in [2.05, 4.69) is 0 Å². The van der Waals surface area contributed by atoms with Gasteiger partial charge in [0.15, 0.2) is 0 Å². The number of rotatable bonds is 5. The van der Waals surface area contributed by atoms with Crippen molar-refractivity contribution in [2.45, 2.75) is 25.0 Å². The topological polar surface area (TPSA) is 87.1 Å². The first-order valence-electron chi connectivity index (χ1n) is 6.34. The molecule has 6 heteroatoms. The van der Waals surface area contributed by atoms with Gasteiger partial charge in [-0.1, -0.05) is 12.1 Å². The Kier molecular flexibility index (Phi) is 4.24. The molecule has 20 heavy (non-hydrogen) atoms. The van der Waals surface area contributed by atoms with Gasteiger partial charge in [-0.05, 0) is 17.7 Å². The minimum Gasteiger partial charge on any atom is -0.497 e. The van der Waals surface area contributed by atoms with Crippen molar-refractivity contribution >= 4 is 11.9 Å². The predicted octanol–water partition coefficient (Wildman–Crippen LogP) is 0.284. The lowest BCUT2D eigenvalue weighted by Crippen LogP contribution is -2.44. The van der Waals surface area contributed by atoms with Crippen LogP contribution in [0.3, 0.4) is 0 Å². The number of nitrogens with zero attached hydrogens (tertiary/aromatic N) is 1. The molecular weight excluding hydrogens is 262 g/mol. The highest BCUT2D eigenvalue weighted by Crippen LogP contribution is 2.19. The second-order valence-corrected chi connectivity index (χ2v) is 4.81. The summed E-state index contributed by atoms with van der Waals surface area (Å²) in [7, 11) is 1.55. The maximum atomic E-state index is 11.7. The number of carbonyl (C=O) groups excluding carboxylic acids is 1. The van der Waals surface area contributed by atoms with Crippen LogP contribution in [0.4, 0.5) is 0 Å². The number of benzene rings is 1. The number of hydrogen-bond acceptors (Lipinski definition) is 4. The molecule has 1 amide bonds. The van der Waals surface area contributed by atoms with Gasteiger partial charge < -0.3 is 19.8 Å². The molecule has 1 heterocycles. The second-order valence-electron chi connectivity index (χ2n) is 4.81. The summed E-state index contributed by atoms with van der Waals surface area (Å²) in [5, 5.41) is 18.8. The molecule has 1 aliphatic heterocycles. The van der Waals surface area contributed by atoms with Crippen molar-refractivity contribution < 1.29 is 24.5 Å². The number of carboxylic acid groups (broad SMARTS) is 1. The van der Waals surface area contributed by atoms with Gasteiger partial charge in [0, 0.05) is 13.0 Å². The lowest BCUT2D eigenvalue weighted by atomic mass is 10.0. The first-order chi connectivity index (χ1) is 9.51. The van der Waals surface area contributed by atoms with Gasteiger partial charge in [0.05, 0.1) is 19.6 Å². The summed E-state index contributed by atoms with van der Waals surface area (Å²) in [6.45, 7) is 0.0754. The number of methoxy groups -OCH3 is 1. The smallest absolute Gasteiger partial charge is 0.326 e. The molecule has 0 aromatic heterocycles. The van der Waals surface area contributed by atoms with Crippen LogP contribution in [0.1, 0.15) is 12.0 Å². The molecule has 2 N–H and O–H groups in total. The maximum Gasteiger partial charge on any atom is 0.326 e. The Labute approximate surface area is 116 Å². The average Bonchev–Trinajstić information content (AvgIpc) is 2.75. The van der Waals surface area contributed by atoms with Gasteiger partial charge in [-0.15, -0.1) is 0 Å². The van der Waals surface area contributed by atoms with Crippen molar-refractivity contribution in [3.05, 3.63) is 29.8 Å². The van der Waals surface area contributed by atoms with Gasteiger partial charge in [-0.3, -0.25) is 4.79 Å². The van der Waals surface area contributed by atoms with Gasteiger partial charge in [0.2, 0.25) is 5.91 Å². The maximum absolute atomic E-state index is 11.7. The lowest BCUT2D eigenvalue weighted by molar-refractivity contribution is -0.148. The Morgan fingerprint density at radius 3 is 2.55 bits per heavy atom. The van der Waals surface area contributed by atoms with E-state index in [0.29, 0.717) is 5.75 Å². The van der Waals surface area contributed by atoms with Crippen molar-refractivity contribution in [2.75, 3.05) is 13.7 Å². The Balaban J connectivity index is 2.13. The average molecular weight is 279 g/mol. The zero-order valence-electron chi connectivity index (χ0n) is 11.2. The fourth-order valence-corrected chi connectivity index (χ4v) is 2.33. The van der Waals surface area contributed by atoms with Crippen LogP contribution >= 0.6 is 0 Å². The molecule has 0 saturated carbocycles. The third kappa shape index (κ3) is 3.08. The highest BCUT2D eigenvalue weighted by molar-refractivity contribution is 5.85. The van der Waals surface area contributed by atoms with Crippen LogP contribution in [-0.4, -0.2) is 52.8 Å². The molecule has 0 radical (unpaired) electrons. The fraction of sp³-hybridized carbons (Fsp3) is 0.429. The van der Waals surface area contributed by atoms with Crippen LogP contribution in [0.25, 0.3) is 0 Å². The molecule has 0 bridgehead atoms. The van der Waals surface area contributed by atoms with E-state index in [-0.39, 0.29) is 25.3 Å². The van der Waals surface area contributed by atoms with Crippen molar-refractivity contribution in [1.29, 1.82) is 0 Å². The molecular formula is C14H17NO5. The summed E-state index contributed by atoms with van der Waals surface area (Å²) in [4.78, 5) is 24.3. The third-order valence-electron chi connectivity index (χ3n) is 3.39. The second kappa shape index (κ2) is 5.92. The Hall–Kier alpha value is -2.08. The molecule has 1 aromatic carbocycles. The standard InChI is InChI=1S/C14H17NO5/c1-20-11-4-2-9(3-5-11)6-12(14(18)19)15-8-10(16)7-13(15)17/h2-5,10,12,16H,6-8H2,1H3,(H,18,19)/t10?,12-/m0/s1. The van der Waals surface area contributed by atoms with E-state index in [0.717, 1.165) is 5.56 Å². The van der Waals surface area contributed by atoms with Gasteiger partial charge >= 0.3 is 5.97 Å². The van der Waals surface area contributed by atoms with Crippen molar-refractivity contribution in [3.8, 4) is 5.75 Å². The Morgan fingerprint density at radius 1 is 1.45 bits per heavy atom. The number of aliphatic hydroxyl groups excluding tert-OH is 1. The number of carbonyl (C=O) groups is 2. The Morgan fingerprint density at radius 2 is 2.10 bits per heavy atom. The molecule has 2 rings (SSSR count). The SMILES string of the molecule is COc1ccc(C[C@@H](C(=O)O)N2CC(O)CC2=O)cc1. The number of aliphatic hydroxyl groups is 1. The predicted molar refractivity (Wildman–Crippen MR) is 70.5 cm³/mol. The summed E-state index contributed by atoms with van der Waals surface area (Å²) in [5.74, 6) is -0.699. The molecule has 0 aliphatic carbocycles. The van der Waals surface area contributed by atoms with Gasteiger partial charge in [-0.2, -0.15) is 0 Å². The van der Waals surface area contributed by atoms with Gasteiger partial charge in [0.25, 0.3) is 0 Å². The summed E-state index contributed by atoms with van der Waals surface area (Å²) in [6.07, 6.45) is -0.579. The number of likely N-dealkylation sites (tertiary alicyclic amines) is 1. The fourth-order valence-electron chi connectivity index (χ4n) is 2.33. The highest BCUT2D eigenvalue weighted by atomic mass is 16.5. The van der Waals surface area contributed by atoms with E-state index in [1.54, 1.807) is 31.4 Å². The highest BCUT2D eigenvalue weighted by Gasteiger charge is 2.36. The van der Waals surface area contributed by atoms with Crippen LogP contribution in [0.15, 0.2) is 24.3 Å². The first-order valence-corrected chi connectivity index (χ1v) is 6.34. The van der Waals surface area contributed by atoms with Gasteiger partial charge in [0.1, 0.15) is 11.8 Å². The summed E-state index contributed by atoms with van der Waals surface area (Å²) >= 11 is 0. The largest absolute Gasteiger partial charge is 0.497 e. The third-order valence-corrected chi connectivity index (χ3v) is 3.39. The number of carboxylic acids is 1. The van der Waals surface area contributed by atoms with E-state index in [1.807, 2.05) is 0 Å². The van der Waals surface area contributed by atoms with E-state index in [9.17, 15) is 19.8 Å². The van der Waals surface area contributed by atoms with Crippen molar-refractivity contribution in [2.24, 2.45) is 0 Å². The number of β-amino-alcohol motifs (C(OH)–C–C–N with tert-alkyl or cyclic N) is 1. The normalized spacial score (nSPS) is 20.0. The number of amides is 1. The molecule has 108 valence electrons. The molecule has 6 nitrogen and oxygen atoms in total.